The van der Waals surface area contributed by atoms with Crippen LogP contribution in [0.15, 0.2) is 0 Å². The summed E-state index contributed by atoms with van der Waals surface area (Å²) in [5, 5.41) is 0. The van der Waals surface area contributed by atoms with Crippen molar-refractivity contribution < 1.29 is 0 Å². The largest absolute Gasteiger partial charge is 0.241 e. The Bertz CT molecular complexity index is 281. The number of hydrogen-bond donors (Lipinski definition) is 0. The molecule has 0 aliphatic carbocycles. The Labute approximate surface area is 214 Å². The zero-order chi connectivity index (χ0) is 24.3. The van der Waals surface area contributed by atoms with Crippen molar-refractivity contribution in [3.63, 3.8) is 0 Å². The third kappa shape index (κ3) is 22.6. The summed E-state index contributed by atoms with van der Waals surface area (Å²) in [5.74, 6) is 6.49. The van der Waals surface area contributed by atoms with E-state index in [4.69, 9.17) is 0 Å². The Hall–Kier alpha value is 0.350. The van der Waals surface area contributed by atoms with E-state index in [9.17, 15) is 0 Å². The molecule has 0 amide bonds. The maximum absolute atomic E-state index is 2.34. The Morgan fingerprint density at radius 2 is 0.424 bits per heavy atom. The van der Waals surface area contributed by atoms with E-state index < -0.39 is 0 Å². The fourth-order valence-corrected chi connectivity index (χ4v) is 9.86. The topological polar surface area (TPSA) is 0 Å². The zero-order valence-electron chi connectivity index (χ0n) is 24.2. The SMILES string of the molecule is CCCCCCCCS(CCCCCCCC)(CCCCCCCC)CCCCCCCC. The molecule has 0 heterocycles. The lowest BCUT2D eigenvalue weighted by Gasteiger charge is -2.41. The molecule has 0 aliphatic rings. The summed E-state index contributed by atoms with van der Waals surface area (Å²) in [4.78, 5) is 0. The van der Waals surface area contributed by atoms with Crippen LogP contribution in [-0.4, -0.2) is 23.0 Å². The fraction of sp³-hybridized carbons (Fsp3) is 1.00. The van der Waals surface area contributed by atoms with E-state index in [-0.39, 0.29) is 10.0 Å². The van der Waals surface area contributed by atoms with Crippen LogP contribution in [0.2, 0.25) is 0 Å². The second-order valence-corrected chi connectivity index (χ2v) is 15.2. The lowest BCUT2D eigenvalue weighted by Crippen LogP contribution is -2.18. The highest BCUT2D eigenvalue weighted by atomic mass is 32.3. The molecular weight excluding hydrogens is 416 g/mol. The summed E-state index contributed by atoms with van der Waals surface area (Å²) < 4.78 is 0. The van der Waals surface area contributed by atoms with Gasteiger partial charge in [-0.2, -0.15) is 0 Å². The molecule has 0 atom stereocenters. The third-order valence-electron chi connectivity index (χ3n) is 7.72. The molecule has 0 nitrogen and oxygen atoms in total. The summed E-state index contributed by atoms with van der Waals surface area (Å²) in [6.45, 7) is 9.38. The summed E-state index contributed by atoms with van der Waals surface area (Å²) in [7, 11) is -0.367. The number of rotatable bonds is 28. The summed E-state index contributed by atoms with van der Waals surface area (Å²) in [5.41, 5.74) is 0. The molecule has 202 valence electrons. The lowest BCUT2D eigenvalue weighted by molar-refractivity contribution is 0.613. The van der Waals surface area contributed by atoms with Crippen molar-refractivity contribution >= 4 is 10.0 Å². The van der Waals surface area contributed by atoms with Crippen LogP contribution in [0.5, 0.6) is 0 Å². The van der Waals surface area contributed by atoms with Gasteiger partial charge in [0.15, 0.2) is 0 Å². The van der Waals surface area contributed by atoms with Crippen molar-refractivity contribution in [2.75, 3.05) is 23.0 Å². The van der Waals surface area contributed by atoms with Crippen LogP contribution < -0.4 is 0 Å². The van der Waals surface area contributed by atoms with Gasteiger partial charge in [-0.25, -0.2) is 10.0 Å². The van der Waals surface area contributed by atoms with Gasteiger partial charge < -0.3 is 0 Å². The van der Waals surface area contributed by atoms with Gasteiger partial charge in [0, 0.05) is 0 Å². The fourth-order valence-electron chi connectivity index (χ4n) is 5.37. The van der Waals surface area contributed by atoms with Crippen LogP contribution in [0.3, 0.4) is 0 Å². The monoisotopic (exact) mass is 485 g/mol. The maximum Gasteiger partial charge on any atom is -0.0228 e. The molecule has 0 unspecified atom stereocenters. The molecule has 0 saturated heterocycles. The average molecular weight is 485 g/mol. The quantitative estimate of drug-likeness (QED) is 0.0968. The van der Waals surface area contributed by atoms with Crippen molar-refractivity contribution in [3.8, 4) is 0 Å². The lowest BCUT2D eigenvalue weighted by atomic mass is 10.1. The van der Waals surface area contributed by atoms with E-state index in [1.807, 2.05) is 0 Å². The minimum absolute atomic E-state index is 0.367. The smallest absolute Gasteiger partial charge is 0.0228 e. The van der Waals surface area contributed by atoms with Gasteiger partial charge in [-0.05, 0) is 48.7 Å². The van der Waals surface area contributed by atoms with Crippen molar-refractivity contribution in [2.24, 2.45) is 0 Å². The molecule has 0 N–H and O–H groups in total. The first-order valence-electron chi connectivity index (χ1n) is 16.0. The van der Waals surface area contributed by atoms with Crippen LogP contribution >= 0.6 is 10.0 Å². The molecule has 1 heteroatoms. The van der Waals surface area contributed by atoms with E-state index >= 15 is 0 Å². The highest BCUT2D eigenvalue weighted by Gasteiger charge is 2.22. The molecule has 0 fully saturated rings. The van der Waals surface area contributed by atoms with Crippen LogP contribution in [0, 0.1) is 0 Å². The van der Waals surface area contributed by atoms with Gasteiger partial charge in [-0.3, -0.25) is 0 Å². The van der Waals surface area contributed by atoms with Gasteiger partial charge >= 0.3 is 0 Å². The Morgan fingerprint density at radius 3 is 0.636 bits per heavy atom. The van der Waals surface area contributed by atoms with Crippen LogP contribution in [0.1, 0.15) is 182 Å². The van der Waals surface area contributed by atoms with E-state index in [1.165, 1.54) is 128 Å². The average Bonchev–Trinajstić information content (AvgIpc) is 2.83. The predicted octanol–water partition coefficient (Wildman–Crippen LogP) is 12.2. The zero-order valence-corrected chi connectivity index (χ0v) is 25.0. The molecule has 0 aromatic carbocycles. The second-order valence-electron chi connectivity index (χ2n) is 11.1. The van der Waals surface area contributed by atoms with Crippen LogP contribution in [0.4, 0.5) is 0 Å². The van der Waals surface area contributed by atoms with Gasteiger partial charge in [-0.1, -0.05) is 156 Å². The molecule has 0 aromatic heterocycles. The Kier molecular flexibility index (Phi) is 27.2. The first-order chi connectivity index (χ1) is 16.2. The van der Waals surface area contributed by atoms with Crippen molar-refractivity contribution in [3.05, 3.63) is 0 Å². The first kappa shape index (κ1) is 33.4. The Morgan fingerprint density at radius 1 is 0.242 bits per heavy atom. The molecule has 33 heavy (non-hydrogen) atoms. The molecule has 0 radical (unpaired) electrons. The normalized spacial score (nSPS) is 12.5. The van der Waals surface area contributed by atoms with Gasteiger partial charge in [-0.15, -0.1) is 0 Å². The summed E-state index contributed by atoms with van der Waals surface area (Å²) in [6.07, 6.45) is 35.4. The second kappa shape index (κ2) is 26.9. The molecule has 0 aliphatic heterocycles. The van der Waals surface area contributed by atoms with Crippen molar-refractivity contribution in [2.45, 2.75) is 182 Å². The molecule has 0 saturated carbocycles. The van der Waals surface area contributed by atoms with Crippen LogP contribution in [-0.2, 0) is 0 Å². The minimum Gasteiger partial charge on any atom is -0.241 e. The van der Waals surface area contributed by atoms with Gasteiger partial charge in [0.1, 0.15) is 0 Å². The van der Waals surface area contributed by atoms with Gasteiger partial charge in [0.25, 0.3) is 0 Å². The number of hydrogen-bond acceptors (Lipinski definition) is 0. The van der Waals surface area contributed by atoms with E-state index in [1.54, 1.807) is 48.7 Å². The molecule has 0 spiro atoms. The molecule has 0 aromatic rings. The van der Waals surface area contributed by atoms with Gasteiger partial charge in [0.2, 0.25) is 0 Å². The van der Waals surface area contributed by atoms with E-state index in [2.05, 4.69) is 27.7 Å². The van der Waals surface area contributed by atoms with Crippen LogP contribution in [0.25, 0.3) is 0 Å². The third-order valence-corrected chi connectivity index (χ3v) is 12.3. The van der Waals surface area contributed by atoms with Crippen molar-refractivity contribution in [1.29, 1.82) is 0 Å². The first-order valence-corrected chi connectivity index (χ1v) is 18.3. The predicted molar refractivity (Wildman–Crippen MR) is 161 cm³/mol. The van der Waals surface area contributed by atoms with E-state index in [0.29, 0.717) is 0 Å². The Balaban J connectivity index is 4.74. The highest BCUT2D eigenvalue weighted by Crippen LogP contribution is 2.51. The molecular formula is C32H68S. The molecule has 0 bridgehead atoms. The summed E-state index contributed by atoms with van der Waals surface area (Å²) >= 11 is 0. The summed E-state index contributed by atoms with van der Waals surface area (Å²) in [6, 6.07) is 0. The van der Waals surface area contributed by atoms with Gasteiger partial charge in [0.05, 0.1) is 0 Å². The maximum atomic E-state index is 2.34. The highest BCUT2D eigenvalue weighted by molar-refractivity contribution is 8.33. The van der Waals surface area contributed by atoms with E-state index in [0.717, 1.165) is 0 Å². The minimum atomic E-state index is -0.367. The van der Waals surface area contributed by atoms with Crippen molar-refractivity contribution in [1.82, 2.24) is 0 Å². The standard InChI is InChI=1S/C32H68S/c1-5-9-13-17-21-25-29-33(30-26-22-18-14-10-6-2,31-27-23-19-15-11-7-3)32-28-24-20-16-12-8-4/h5-32H2,1-4H3. The number of unbranched alkanes of at least 4 members (excludes halogenated alkanes) is 20. The molecule has 0 rings (SSSR count).